The van der Waals surface area contributed by atoms with Gasteiger partial charge in [-0.15, -0.1) is 0 Å². The Morgan fingerprint density at radius 2 is 1.62 bits per heavy atom. The van der Waals surface area contributed by atoms with Crippen molar-refractivity contribution in [1.82, 2.24) is 4.57 Å². The van der Waals surface area contributed by atoms with Crippen molar-refractivity contribution in [2.24, 2.45) is 0 Å². The van der Waals surface area contributed by atoms with Crippen LogP contribution in [0.1, 0.15) is 11.1 Å². The van der Waals surface area contributed by atoms with E-state index in [4.69, 9.17) is 0 Å². The number of hydrogen-bond donors (Lipinski definition) is 0. The zero-order valence-electron chi connectivity index (χ0n) is 17.6. The van der Waals surface area contributed by atoms with Crippen LogP contribution >= 0.6 is 22.7 Å². The summed E-state index contributed by atoms with van der Waals surface area (Å²) in [6, 6.07) is 27.6. The Morgan fingerprint density at radius 1 is 0.794 bits per heavy atom. The Hall–Kier alpha value is -3.64. The fourth-order valence-electron chi connectivity index (χ4n) is 4.89. The van der Waals surface area contributed by atoms with Gasteiger partial charge in [0, 0.05) is 0 Å². The summed E-state index contributed by atoms with van der Waals surface area (Å²) in [6.45, 7) is 0. The molecule has 0 unspecified atom stereocenters. The maximum atomic E-state index is 9.67. The molecule has 0 amide bonds. The Morgan fingerprint density at radius 3 is 2.41 bits per heavy atom. The second-order valence-corrected chi connectivity index (χ2v) is 11.9. The molecule has 1 aliphatic carbocycles. The molecule has 7 rings (SSSR count). The quantitative estimate of drug-likeness (QED) is 0.171. The van der Waals surface area contributed by atoms with Gasteiger partial charge in [-0.05, 0) is 0 Å². The zero-order valence-corrected chi connectivity index (χ0v) is 20.9. The van der Waals surface area contributed by atoms with Crippen LogP contribution in [0.15, 0.2) is 82.6 Å². The van der Waals surface area contributed by atoms with Gasteiger partial charge in [0.25, 0.3) is 0 Å². The first kappa shape index (κ1) is 19.8. The van der Waals surface area contributed by atoms with Crippen LogP contribution in [0.3, 0.4) is 0 Å². The van der Waals surface area contributed by atoms with Gasteiger partial charge in [-0.25, -0.2) is 0 Å². The molecule has 4 heterocycles. The number of thiophene rings is 2. The van der Waals surface area contributed by atoms with E-state index in [2.05, 4.69) is 75.6 Å². The molecule has 6 aromatic rings. The monoisotopic (exact) mass is 535 g/mol. The SMILES string of the molecule is N#CC(C#N)=C1c2ccccc2-c2ccc(-c3cc4c(s3)c3sccc3n4-c3ccc[se]3)cc21. The van der Waals surface area contributed by atoms with Gasteiger partial charge in [0.15, 0.2) is 0 Å². The van der Waals surface area contributed by atoms with Gasteiger partial charge in [-0.1, -0.05) is 0 Å². The number of allylic oxidation sites excluding steroid dienone is 1. The standard InChI is InChI=1S/C28H13N3S2Se/c29-14-17(15-30)26-20-5-2-1-4-18(20)19-8-7-16(12-21(19)26)24-13-23-28(33-24)27-22(9-10-32-27)31(23)25-6-3-11-34-25/h1-13H. The molecular formula is C28H13N3S2Se. The third kappa shape index (κ3) is 2.66. The first-order valence-electron chi connectivity index (χ1n) is 10.6. The van der Waals surface area contributed by atoms with Crippen molar-refractivity contribution < 1.29 is 0 Å². The van der Waals surface area contributed by atoms with Crippen LogP contribution < -0.4 is 0 Å². The van der Waals surface area contributed by atoms with Crippen molar-refractivity contribution in [3.05, 3.63) is 93.8 Å². The van der Waals surface area contributed by atoms with E-state index in [0.29, 0.717) is 14.5 Å². The molecule has 0 saturated heterocycles. The number of rotatable bonds is 2. The number of fused-ring (bicyclic) bond motifs is 6. The molecule has 158 valence electrons. The summed E-state index contributed by atoms with van der Waals surface area (Å²) in [5, 5.41) is 21.5. The summed E-state index contributed by atoms with van der Waals surface area (Å²) < 4.78 is 6.43. The van der Waals surface area contributed by atoms with E-state index in [-0.39, 0.29) is 5.57 Å². The minimum atomic E-state index is 0.161. The summed E-state index contributed by atoms with van der Waals surface area (Å²) in [5.41, 5.74) is 8.64. The molecule has 6 heteroatoms. The Bertz CT molecular complexity index is 1870. The molecule has 0 radical (unpaired) electrons. The van der Waals surface area contributed by atoms with E-state index in [1.54, 1.807) is 11.3 Å². The molecular weight excluding hydrogens is 521 g/mol. The molecule has 0 saturated carbocycles. The van der Waals surface area contributed by atoms with Crippen LogP contribution in [0, 0.1) is 22.7 Å². The van der Waals surface area contributed by atoms with E-state index < -0.39 is 0 Å². The number of hydrogen-bond acceptors (Lipinski definition) is 4. The van der Waals surface area contributed by atoms with Gasteiger partial charge >= 0.3 is 210 Å². The number of benzene rings is 2. The van der Waals surface area contributed by atoms with Crippen molar-refractivity contribution in [2.75, 3.05) is 0 Å². The predicted octanol–water partition coefficient (Wildman–Crippen LogP) is 7.46. The second-order valence-electron chi connectivity index (χ2n) is 8.03. The molecule has 2 aromatic carbocycles. The fourth-order valence-corrected chi connectivity index (χ4v) is 8.66. The molecule has 0 aliphatic heterocycles. The van der Waals surface area contributed by atoms with E-state index in [0.717, 1.165) is 33.4 Å². The Labute approximate surface area is 209 Å². The molecule has 0 atom stereocenters. The van der Waals surface area contributed by atoms with Crippen LogP contribution in [0.5, 0.6) is 0 Å². The van der Waals surface area contributed by atoms with E-state index >= 15 is 0 Å². The number of aromatic nitrogens is 1. The van der Waals surface area contributed by atoms with Crippen molar-refractivity contribution in [3.8, 4) is 38.3 Å². The molecule has 0 spiro atoms. The van der Waals surface area contributed by atoms with E-state index in [1.165, 1.54) is 29.9 Å². The van der Waals surface area contributed by atoms with Crippen LogP contribution in [0.25, 0.3) is 52.1 Å². The van der Waals surface area contributed by atoms with Gasteiger partial charge in [-0.2, -0.15) is 0 Å². The predicted molar refractivity (Wildman–Crippen MR) is 142 cm³/mol. The first-order valence-corrected chi connectivity index (χ1v) is 14.2. The summed E-state index contributed by atoms with van der Waals surface area (Å²) in [6.07, 6.45) is 0. The van der Waals surface area contributed by atoms with Crippen molar-refractivity contribution in [3.63, 3.8) is 0 Å². The minimum absolute atomic E-state index is 0.161. The van der Waals surface area contributed by atoms with Crippen LogP contribution in [0.4, 0.5) is 0 Å². The van der Waals surface area contributed by atoms with Gasteiger partial charge in [-0.3, -0.25) is 0 Å². The maximum absolute atomic E-state index is 9.67. The summed E-state index contributed by atoms with van der Waals surface area (Å²) >= 11 is 3.95. The van der Waals surface area contributed by atoms with Crippen LogP contribution in [-0.4, -0.2) is 19.1 Å². The summed E-state index contributed by atoms with van der Waals surface area (Å²) in [4.78, 5) is 3.45. The van der Waals surface area contributed by atoms with Gasteiger partial charge in [0.2, 0.25) is 0 Å². The third-order valence-corrected chi connectivity index (χ3v) is 10.3. The van der Waals surface area contributed by atoms with Crippen LogP contribution in [0.2, 0.25) is 0 Å². The zero-order chi connectivity index (χ0) is 22.8. The van der Waals surface area contributed by atoms with Crippen molar-refractivity contribution in [2.45, 2.75) is 0 Å². The number of nitriles is 2. The second kappa shape index (κ2) is 7.43. The van der Waals surface area contributed by atoms with E-state index in [1.807, 2.05) is 29.5 Å². The molecule has 0 N–H and O–H groups in total. The number of nitrogens with zero attached hydrogens (tertiary/aromatic N) is 3. The first-order chi connectivity index (χ1) is 16.8. The molecule has 1 aliphatic rings. The van der Waals surface area contributed by atoms with Crippen molar-refractivity contribution in [1.29, 1.82) is 10.5 Å². The van der Waals surface area contributed by atoms with Gasteiger partial charge in [0.05, 0.1) is 0 Å². The Balaban J connectivity index is 1.47. The van der Waals surface area contributed by atoms with E-state index in [9.17, 15) is 10.5 Å². The molecule has 4 aromatic heterocycles. The molecule has 0 bridgehead atoms. The van der Waals surface area contributed by atoms with Crippen molar-refractivity contribution >= 4 is 63.2 Å². The summed E-state index contributed by atoms with van der Waals surface area (Å²) in [7, 11) is 0. The molecule has 3 nitrogen and oxygen atoms in total. The summed E-state index contributed by atoms with van der Waals surface area (Å²) in [5.74, 6) is 0. The Kier molecular flexibility index (Phi) is 4.33. The average molecular weight is 535 g/mol. The fraction of sp³-hybridized carbons (Fsp3) is 0. The third-order valence-electron chi connectivity index (χ3n) is 6.31. The average Bonchev–Trinajstić information content (AvgIpc) is 3.67. The topological polar surface area (TPSA) is 52.5 Å². The van der Waals surface area contributed by atoms with Crippen LogP contribution in [-0.2, 0) is 0 Å². The van der Waals surface area contributed by atoms with Gasteiger partial charge < -0.3 is 0 Å². The molecule has 0 fully saturated rings. The van der Waals surface area contributed by atoms with Gasteiger partial charge in [0.1, 0.15) is 0 Å². The molecule has 34 heavy (non-hydrogen) atoms. The normalized spacial score (nSPS) is 12.0.